The van der Waals surface area contributed by atoms with Crippen LogP contribution in [0, 0.1) is 0 Å². The van der Waals surface area contributed by atoms with Crippen LogP contribution in [0.1, 0.15) is 41.6 Å². The number of aryl methyl sites for hydroxylation is 1. The summed E-state index contributed by atoms with van der Waals surface area (Å²) in [6.07, 6.45) is 2.15. The summed E-state index contributed by atoms with van der Waals surface area (Å²) in [6, 6.07) is 8.97. The molecule has 0 amide bonds. The molecule has 30 heavy (non-hydrogen) atoms. The van der Waals surface area contributed by atoms with Crippen LogP contribution in [0.4, 0.5) is 13.2 Å². The number of rotatable bonds is 5. The highest BCUT2D eigenvalue weighted by Gasteiger charge is 2.30. The zero-order chi connectivity index (χ0) is 21.1. The van der Waals surface area contributed by atoms with Crippen molar-refractivity contribution in [1.29, 1.82) is 0 Å². The van der Waals surface area contributed by atoms with E-state index in [1.165, 1.54) is 6.07 Å². The Kier molecular flexibility index (Phi) is 5.81. The van der Waals surface area contributed by atoms with Crippen LogP contribution in [0.15, 0.2) is 48.8 Å². The third-order valence-electron chi connectivity index (χ3n) is 5.25. The number of halogens is 3. The minimum atomic E-state index is -4.36. The molecular formula is C23H23F3N4. The van der Waals surface area contributed by atoms with Crippen molar-refractivity contribution in [3.63, 3.8) is 0 Å². The quantitative estimate of drug-likeness (QED) is 0.587. The second kappa shape index (κ2) is 8.52. The number of alkyl halides is 3. The molecule has 0 saturated heterocycles. The minimum absolute atomic E-state index is 0.461. The lowest BCUT2D eigenvalue weighted by Gasteiger charge is -2.28. The Morgan fingerprint density at radius 1 is 1.07 bits per heavy atom. The summed E-state index contributed by atoms with van der Waals surface area (Å²) in [5.74, 6) is 0.916. The van der Waals surface area contributed by atoms with Gasteiger partial charge in [0.2, 0.25) is 0 Å². The van der Waals surface area contributed by atoms with Gasteiger partial charge in [0.15, 0.2) is 0 Å². The number of nitrogens with zero attached hydrogens (tertiary/aromatic N) is 4. The van der Waals surface area contributed by atoms with E-state index >= 15 is 0 Å². The van der Waals surface area contributed by atoms with Crippen molar-refractivity contribution in [2.75, 3.05) is 6.54 Å². The van der Waals surface area contributed by atoms with Crippen molar-refractivity contribution in [3.8, 4) is 11.3 Å². The highest BCUT2D eigenvalue weighted by molar-refractivity contribution is 5.60. The zero-order valence-electron chi connectivity index (χ0n) is 16.8. The Morgan fingerprint density at radius 3 is 2.67 bits per heavy atom. The normalized spacial score (nSPS) is 14.5. The van der Waals surface area contributed by atoms with E-state index in [9.17, 15) is 13.2 Å². The summed E-state index contributed by atoms with van der Waals surface area (Å²) in [5, 5.41) is 0. The van der Waals surface area contributed by atoms with Crippen molar-refractivity contribution >= 4 is 0 Å². The maximum atomic E-state index is 12.9. The molecule has 1 aliphatic rings. The van der Waals surface area contributed by atoms with Crippen LogP contribution in [-0.2, 0) is 32.1 Å². The van der Waals surface area contributed by atoms with Crippen molar-refractivity contribution < 1.29 is 13.2 Å². The average Bonchev–Trinajstić information content (AvgIpc) is 2.74. The van der Waals surface area contributed by atoms with Gasteiger partial charge in [-0.1, -0.05) is 25.1 Å². The molecule has 0 atom stereocenters. The van der Waals surface area contributed by atoms with Gasteiger partial charge in [-0.3, -0.25) is 9.88 Å². The summed E-state index contributed by atoms with van der Waals surface area (Å²) in [6.45, 7) is 4.55. The van der Waals surface area contributed by atoms with Gasteiger partial charge < -0.3 is 0 Å². The van der Waals surface area contributed by atoms with E-state index < -0.39 is 11.7 Å². The topological polar surface area (TPSA) is 41.9 Å². The zero-order valence-corrected chi connectivity index (χ0v) is 16.8. The molecule has 0 radical (unpaired) electrons. The second-order valence-corrected chi connectivity index (χ2v) is 7.60. The molecular weight excluding hydrogens is 389 g/mol. The Hall–Kier alpha value is -2.80. The fourth-order valence-corrected chi connectivity index (χ4v) is 3.70. The summed E-state index contributed by atoms with van der Waals surface area (Å²) >= 11 is 0. The fourth-order valence-electron chi connectivity index (χ4n) is 3.70. The van der Waals surface area contributed by atoms with Crippen LogP contribution in [-0.4, -0.2) is 26.4 Å². The van der Waals surface area contributed by atoms with E-state index in [4.69, 9.17) is 0 Å². The standard InChI is InChI=1S/C23H23F3N4/c1-2-4-22-28-13-18-15-30(10-9-21(18)29-22)14-16-7-8-20(27-12-16)17-5-3-6-19(11-17)23(24,25)26/h3,5-8,11-13H,2,4,9-10,14-15H2,1H3. The molecule has 156 valence electrons. The van der Waals surface area contributed by atoms with Crippen molar-refractivity contribution in [2.45, 2.75) is 45.5 Å². The summed E-state index contributed by atoms with van der Waals surface area (Å²) < 4.78 is 38.8. The largest absolute Gasteiger partial charge is 0.416 e. The lowest BCUT2D eigenvalue weighted by molar-refractivity contribution is -0.137. The third-order valence-corrected chi connectivity index (χ3v) is 5.25. The Labute approximate surface area is 173 Å². The molecule has 4 rings (SSSR count). The Morgan fingerprint density at radius 2 is 1.93 bits per heavy atom. The van der Waals surface area contributed by atoms with Crippen LogP contribution in [0.2, 0.25) is 0 Å². The highest BCUT2D eigenvalue weighted by atomic mass is 19.4. The molecule has 4 nitrogen and oxygen atoms in total. The maximum absolute atomic E-state index is 12.9. The molecule has 7 heteroatoms. The van der Waals surface area contributed by atoms with Crippen LogP contribution in [0.3, 0.4) is 0 Å². The molecule has 1 aliphatic heterocycles. The predicted octanol–water partition coefficient (Wildman–Crippen LogP) is 5.07. The van der Waals surface area contributed by atoms with E-state index in [-0.39, 0.29) is 0 Å². The number of fused-ring (bicyclic) bond motifs is 1. The molecule has 0 saturated carbocycles. The monoisotopic (exact) mass is 412 g/mol. The molecule has 0 spiro atoms. The molecule has 0 aliphatic carbocycles. The molecule has 3 aromatic rings. The lowest BCUT2D eigenvalue weighted by Crippen LogP contribution is -2.31. The highest BCUT2D eigenvalue weighted by Crippen LogP contribution is 2.31. The van der Waals surface area contributed by atoms with Crippen molar-refractivity contribution in [1.82, 2.24) is 19.9 Å². The number of hydrogen-bond acceptors (Lipinski definition) is 4. The Bertz CT molecular complexity index is 1020. The number of hydrogen-bond donors (Lipinski definition) is 0. The summed E-state index contributed by atoms with van der Waals surface area (Å²) in [4.78, 5) is 15.9. The van der Waals surface area contributed by atoms with Crippen molar-refractivity contribution in [3.05, 3.63) is 77.0 Å². The van der Waals surface area contributed by atoms with Gasteiger partial charge in [0, 0.05) is 61.7 Å². The first-order valence-corrected chi connectivity index (χ1v) is 10.1. The van der Waals surface area contributed by atoms with Gasteiger partial charge in [-0.25, -0.2) is 9.97 Å². The van der Waals surface area contributed by atoms with Gasteiger partial charge in [0.1, 0.15) is 5.82 Å². The van der Waals surface area contributed by atoms with E-state index in [0.29, 0.717) is 11.3 Å². The van der Waals surface area contributed by atoms with Crippen LogP contribution in [0.25, 0.3) is 11.3 Å². The van der Waals surface area contributed by atoms with Crippen molar-refractivity contribution in [2.24, 2.45) is 0 Å². The first-order chi connectivity index (χ1) is 14.4. The van der Waals surface area contributed by atoms with Crippen LogP contribution < -0.4 is 0 Å². The molecule has 0 unspecified atom stereocenters. The number of aromatic nitrogens is 3. The first kappa shape index (κ1) is 20.5. The molecule has 1 aromatic carbocycles. The van der Waals surface area contributed by atoms with Gasteiger partial charge in [-0.2, -0.15) is 13.2 Å². The summed E-state index contributed by atoms with van der Waals surface area (Å²) in [7, 11) is 0. The van der Waals surface area contributed by atoms with Gasteiger partial charge in [0.25, 0.3) is 0 Å². The molecule has 0 bridgehead atoms. The second-order valence-electron chi connectivity index (χ2n) is 7.60. The molecule has 0 N–H and O–H groups in total. The molecule has 3 heterocycles. The Balaban J connectivity index is 1.43. The number of pyridine rings is 1. The van der Waals surface area contributed by atoms with E-state index in [1.54, 1.807) is 18.3 Å². The predicted molar refractivity (Wildman–Crippen MR) is 109 cm³/mol. The van der Waals surface area contributed by atoms with E-state index in [1.807, 2.05) is 12.3 Å². The van der Waals surface area contributed by atoms with Gasteiger partial charge in [0.05, 0.1) is 11.3 Å². The molecule has 0 fully saturated rings. The maximum Gasteiger partial charge on any atom is 0.416 e. The van der Waals surface area contributed by atoms with Crippen LogP contribution in [0.5, 0.6) is 0 Å². The molecule has 2 aromatic heterocycles. The lowest BCUT2D eigenvalue weighted by atomic mass is 10.1. The van der Waals surface area contributed by atoms with Gasteiger partial charge >= 0.3 is 6.18 Å². The van der Waals surface area contributed by atoms with Gasteiger partial charge in [-0.05, 0) is 30.2 Å². The van der Waals surface area contributed by atoms with E-state index in [2.05, 4.69) is 26.8 Å². The van der Waals surface area contributed by atoms with Gasteiger partial charge in [-0.15, -0.1) is 0 Å². The minimum Gasteiger partial charge on any atom is -0.294 e. The fraction of sp³-hybridized carbons (Fsp3) is 0.348. The average molecular weight is 412 g/mol. The SMILES string of the molecule is CCCc1ncc2c(n1)CCN(Cc1ccc(-c3cccc(C(F)(F)F)c3)nc1)C2. The number of benzene rings is 1. The van der Waals surface area contributed by atoms with Crippen LogP contribution >= 0.6 is 0 Å². The summed E-state index contributed by atoms with van der Waals surface area (Å²) in [5.41, 5.74) is 3.66. The third kappa shape index (κ3) is 4.67. The smallest absolute Gasteiger partial charge is 0.294 e. The van der Waals surface area contributed by atoms with E-state index in [0.717, 1.165) is 73.7 Å². The first-order valence-electron chi connectivity index (χ1n) is 10.1.